The Labute approximate surface area is 44.6 Å². The normalized spacial score (nSPS) is 6.50. The van der Waals surface area contributed by atoms with Crippen LogP contribution in [0.25, 0.3) is 0 Å². The molecule has 0 fully saturated rings. The van der Waals surface area contributed by atoms with Crippen LogP contribution in [0.2, 0.25) is 0 Å². The first-order valence-electron chi connectivity index (χ1n) is 1.62. The molecule has 0 aliphatic heterocycles. The summed E-state index contributed by atoms with van der Waals surface area (Å²) in [7, 11) is 0. The van der Waals surface area contributed by atoms with Crippen molar-refractivity contribution >= 4 is 18.9 Å². The van der Waals surface area contributed by atoms with Gasteiger partial charge in [-0.1, -0.05) is 5.10 Å². The molecular weight excluding hydrogens is 112 g/mol. The summed E-state index contributed by atoms with van der Waals surface area (Å²) < 4.78 is 0. The number of carbonyl (C=O) groups excluding carboxylic acids is 3. The van der Waals surface area contributed by atoms with Gasteiger partial charge in [-0.3, -0.25) is 9.59 Å². The maximum atomic E-state index is 9.55. The lowest BCUT2D eigenvalue weighted by molar-refractivity contribution is -0.129. The lowest BCUT2D eigenvalue weighted by atomic mass is 11.1. The fourth-order valence-electron chi connectivity index (χ4n) is 0.119. The number of nitrogens with zero attached hydrogens (tertiary/aromatic N) is 2. The van der Waals surface area contributed by atoms with Crippen LogP contribution in [0.5, 0.6) is 0 Å². The number of isocyanates is 1. The van der Waals surface area contributed by atoms with Crippen molar-refractivity contribution in [1.82, 2.24) is 5.01 Å². The molecule has 0 aromatic heterocycles. The minimum atomic E-state index is 0.0951. The summed E-state index contributed by atoms with van der Waals surface area (Å²) >= 11 is 0. The van der Waals surface area contributed by atoms with E-state index >= 15 is 0 Å². The SMILES string of the molecule is O=C=NN(C=O)C=O. The van der Waals surface area contributed by atoms with Crippen molar-refractivity contribution in [2.75, 3.05) is 0 Å². The van der Waals surface area contributed by atoms with E-state index in [9.17, 15) is 14.4 Å². The molecule has 8 heavy (non-hydrogen) atoms. The van der Waals surface area contributed by atoms with Gasteiger partial charge < -0.3 is 0 Å². The monoisotopic (exact) mass is 114 g/mol. The Hall–Kier alpha value is -1.48. The highest BCUT2D eigenvalue weighted by Crippen LogP contribution is 1.69. The molecule has 42 valence electrons. The number of rotatable bonds is 3. The Balaban J connectivity index is 3.87. The second-order valence-electron chi connectivity index (χ2n) is 0.782. The molecule has 0 spiro atoms. The van der Waals surface area contributed by atoms with Gasteiger partial charge >= 0.3 is 0 Å². The van der Waals surface area contributed by atoms with E-state index in [1.807, 2.05) is 0 Å². The second kappa shape index (κ2) is 3.70. The standard InChI is InChI=1S/C3H2N2O3/c6-1-4-5(2-7)3-8/h2-3H. The number of imide groups is 1. The van der Waals surface area contributed by atoms with Crippen molar-refractivity contribution in [3.05, 3.63) is 0 Å². The van der Waals surface area contributed by atoms with Gasteiger partial charge in [0.2, 0.25) is 12.8 Å². The van der Waals surface area contributed by atoms with Crippen molar-refractivity contribution in [3.63, 3.8) is 0 Å². The van der Waals surface area contributed by atoms with Gasteiger partial charge in [-0.25, -0.2) is 4.79 Å². The zero-order valence-electron chi connectivity index (χ0n) is 3.77. The molecule has 0 saturated carbocycles. The van der Waals surface area contributed by atoms with Crippen LogP contribution in [-0.4, -0.2) is 23.9 Å². The molecule has 0 unspecified atom stereocenters. The molecule has 2 amide bonds. The van der Waals surface area contributed by atoms with Gasteiger partial charge in [0.05, 0.1) is 0 Å². The van der Waals surface area contributed by atoms with Gasteiger partial charge in [-0.05, 0) is 0 Å². The van der Waals surface area contributed by atoms with Crippen molar-refractivity contribution in [2.24, 2.45) is 5.10 Å². The highest BCUT2D eigenvalue weighted by molar-refractivity contribution is 5.68. The van der Waals surface area contributed by atoms with E-state index < -0.39 is 0 Å². The zero-order chi connectivity index (χ0) is 6.41. The summed E-state index contributed by atoms with van der Waals surface area (Å²) in [5.41, 5.74) is 0. The first-order chi connectivity index (χ1) is 3.85. The molecule has 0 heterocycles. The van der Waals surface area contributed by atoms with Gasteiger partial charge in [0.1, 0.15) is 0 Å². The van der Waals surface area contributed by atoms with E-state index in [1.165, 1.54) is 0 Å². The number of hydrazone groups is 1. The summed E-state index contributed by atoms with van der Waals surface area (Å²) in [6.07, 6.45) is 1.20. The summed E-state index contributed by atoms with van der Waals surface area (Å²) in [5, 5.41) is 2.92. The van der Waals surface area contributed by atoms with Gasteiger partial charge in [-0.2, -0.15) is 5.01 Å². The topological polar surface area (TPSA) is 66.8 Å². The molecule has 0 aliphatic carbocycles. The largest absolute Gasteiger partial charge is 0.276 e. The van der Waals surface area contributed by atoms with E-state index in [1.54, 1.807) is 0 Å². The predicted octanol–water partition coefficient (Wildman–Crippen LogP) is -1.15. The highest BCUT2D eigenvalue weighted by atomic mass is 16.2. The molecule has 0 rings (SSSR count). The number of carbonyl (C=O) groups is 2. The highest BCUT2D eigenvalue weighted by Gasteiger charge is 1.88. The predicted molar refractivity (Wildman–Crippen MR) is 22.1 cm³/mol. The molecule has 5 heteroatoms. The van der Waals surface area contributed by atoms with Gasteiger partial charge in [0.15, 0.2) is 0 Å². The maximum absolute atomic E-state index is 9.55. The lowest BCUT2D eigenvalue weighted by Crippen LogP contribution is -2.10. The molecule has 0 aromatic carbocycles. The van der Waals surface area contributed by atoms with Crippen LogP contribution in [0, 0.1) is 0 Å². The average molecular weight is 114 g/mol. The fraction of sp³-hybridized carbons (Fsp3) is 0. The van der Waals surface area contributed by atoms with E-state index in [0.29, 0.717) is 0 Å². The van der Waals surface area contributed by atoms with Crippen molar-refractivity contribution in [2.45, 2.75) is 0 Å². The van der Waals surface area contributed by atoms with Crippen LogP contribution < -0.4 is 0 Å². The van der Waals surface area contributed by atoms with Gasteiger partial charge in [0.25, 0.3) is 6.08 Å². The first-order valence-corrected chi connectivity index (χ1v) is 1.62. The molecule has 5 nitrogen and oxygen atoms in total. The molecule has 0 bridgehead atoms. The summed E-state index contributed by atoms with van der Waals surface area (Å²) in [5.74, 6) is 0. The third-order valence-electron chi connectivity index (χ3n) is 0.372. The summed E-state index contributed by atoms with van der Waals surface area (Å²) in [6.45, 7) is 0. The molecule has 0 aromatic rings. The molecule has 0 aliphatic rings. The first kappa shape index (κ1) is 6.52. The maximum Gasteiger partial charge on any atom is 0.259 e. The Morgan fingerprint density at radius 2 is 1.88 bits per heavy atom. The smallest absolute Gasteiger partial charge is 0.259 e. The molecule has 0 saturated heterocycles. The van der Waals surface area contributed by atoms with E-state index in [4.69, 9.17) is 0 Å². The number of hydrogen-bond acceptors (Lipinski definition) is 4. The zero-order valence-corrected chi connectivity index (χ0v) is 3.77. The lowest BCUT2D eigenvalue weighted by Gasteiger charge is -1.90. The molecule has 0 radical (unpaired) electrons. The van der Waals surface area contributed by atoms with Crippen molar-refractivity contribution in [3.8, 4) is 0 Å². The Bertz CT molecular complexity index is 129. The third-order valence-corrected chi connectivity index (χ3v) is 0.372. The van der Waals surface area contributed by atoms with Crippen LogP contribution in [0.1, 0.15) is 0 Å². The fourth-order valence-corrected chi connectivity index (χ4v) is 0.119. The van der Waals surface area contributed by atoms with Gasteiger partial charge in [0, 0.05) is 0 Å². The number of hydrogen-bond donors (Lipinski definition) is 0. The van der Waals surface area contributed by atoms with Crippen LogP contribution >= 0.6 is 0 Å². The molecule has 0 atom stereocenters. The minimum absolute atomic E-state index is 0.0951. The van der Waals surface area contributed by atoms with Crippen LogP contribution in [0.3, 0.4) is 0 Å². The number of amides is 2. The Morgan fingerprint density at radius 3 is 2.00 bits per heavy atom. The second-order valence-corrected chi connectivity index (χ2v) is 0.782. The van der Waals surface area contributed by atoms with Crippen LogP contribution in [-0.2, 0) is 14.4 Å². The Kier molecular flexibility index (Phi) is 3.02. The Morgan fingerprint density at radius 1 is 1.38 bits per heavy atom. The van der Waals surface area contributed by atoms with Crippen LogP contribution in [0.4, 0.5) is 0 Å². The van der Waals surface area contributed by atoms with Crippen molar-refractivity contribution in [1.29, 1.82) is 0 Å². The van der Waals surface area contributed by atoms with E-state index in [0.717, 1.165) is 6.08 Å². The van der Waals surface area contributed by atoms with Crippen LogP contribution in [0.15, 0.2) is 5.10 Å². The van der Waals surface area contributed by atoms with Crippen molar-refractivity contribution < 1.29 is 14.4 Å². The summed E-state index contributed by atoms with van der Waals surface area (Å²) in [4.78, 5) is 28.4. The third kappa shape index (κ3) is 1.84. The average Bonchev–Trinajstić information content (AvgIpc) is 1.83. The molecular formula is C3H2N2O3. The van der Waals surface area contributed by atoms with Gasteiger partial charge in [-0.15, -0.1) is 0 Å². The van der Waals surface area contributed by atoms with E-state index in [2.05, 4.69) is 5.10 Å². The molecule has 0 N–H and O–H groups in total. The van der Waals surface area contributed by atoms with E-state index in [-0.39, 0.29) is 17.8 Å². The summed E-state index contributed by atoms with van der Waals surface area (Å²) in [6, 6.07) is 0. The minimum Gasteiger partial charge on any atom is -0.276 e. The quantitative estimate of drug-likeness (QED) is 0.201.